The average molecular weight is 181 g/mol. The predicted molar refractivity (Wildman–Crippen MR) is 48.9 cm³/mol. The van der Waals surface area contributed by atoms with Gasteiger partial charge in [0, 0.05) is 6.20 Å². The van der Waals surface area contributed by atoms with Crippen molar-refractivity contribution in [2.45, 2.75) is 19.9 Å². The van der Waals surface area contributed by atoms with Gasteiger partial charge in [0.15, 0.2) is 0 Å². The SMILES string of the molecule is CCNC(C#N)c1cnc(C)s1. The van der Waals surface area contributed by atoms with E-state index in [1.54, 1.807) is 17.5 Å². The first kappa shape index (κ1) is 9.17. The molecular weight excluding hydrogens is 170 g/mol. The molecule has 0 bridgehead atoms. The van der Waals surface area contributed by atoms with Crippen molar-refractivity contribution in [2.75, 3.05) is 6.54 Å². The van der Waals surface area contributed by atoms with E-state index in [-0.39, 0.29) is 6.04 Å². The van der Waals surface area contributed by atoms with Crippen molar-refractivity contribution < 1.29 is 0 Å². The molecule has 0 aromatic carbocycles. The fourth-order valence-corrected chi connectivity index (χ4v) is 1.73. The molecule has 1 rings (SSSR count). The van der Waals surface area contributed by atoms with Crippen LogP contribution in [0, 0.1) is 18.3 Å². The molecule has 1 unspecified atom stereocenters. The lowest BCUT2D eigenvalue weighted by Crippen LogP contribution is -2.17. The molecule has 0 aliphatic carbocycles. The summed E-state index contributed by atoms with van der Waals surface area (Å²) in [7, 11) is 0. The molecule has 0 fully saturated rings. The second kappa shape index (κ2) is 4.19. The molecule has 0 amide bonds. The van der Waals surface area contributed by atoms with Gasteiger partial charge in [-0.25, -0.2) is 4.98 Å². The van der Waals surface area contributed by atoms with Crippen LogP contribution < -0.4 is 5.32 Å². The van der Waals surface area contributed by atoms with Gasteiger partial charge >= 0.3 is 0 Å². The first-order valence-electron chi connectivity index (χ1n) is 3.83. The van der Waals surface area contributed by atoms with E-state index < -0.39 is 0 Å². The summed E-state index contributed by atoms with van der Waals surface area (Å²) in [5.74, 6) is 0. The second-order valence-electron chi connectivity index (χ2n) is 2.40. The Morgan fingerprint density at radius 2 is 2.58 bits per heavy atom. The van der Waals surface area contributed by atoms with Crippen LogP contribution >= 0.6 is 11.3 Å². The summed E-state index contributed by atoms with van der Waals surface area (Å²) in [5.41, 5.74) is 0. The van der Waals surface area contributed by atoms with Crippen LogP contribution in [0.5, 0.6) is 0 Å². The van der Waals surface area contributed by atoms with Crippen molar-refractivity contribution in [1.82, 2.24) is 10.3 Å². The Morgan fingerprint density at radius 3 is 3.00 bits per heavy atom. The van der Waals surface area contributed by atoms with Gasteiger partial charge in [0.1, 0.15) is 6.04 Å². The van der Waals surface area contributed by atoms with Crippen molar-refractivity contribution in [2.24, 2.45) is 0 Å². The van der Waals surface area contributed by atoms with Gasteiger partial charge < -0.3 is 0 Å². The molecule has 0 radical (unpaired) electrons. The zero-order valence-corrected chi connectivity index (χ0v) is 7.98. The number of nitrogens with zero attached hydrogens (tertiary/aromatic N) is 2. The van der Waals surface area contributed by atoms with E-state index >= 15 is 0 Å². The van der Waals surface area contributed by atoms with Crippen LogP contribution in [0.2, 0.25) is 0 Å². The molecule has 3 nitrogen and oxygen atoms in total. The summed E-state index contributed by atoms with van der Waals surface area (Å²) in [6, 6.07) is 2.00. The average Bonchev–Trinajstić information content (AvgIpc) is 2.47. The summed E-state index contributed by atoms with van der Waals surface area (Å²) in [5, 5.41) is 12.9. The lowest BCUT2D eigenvalue weighted by atomic mass is 10.3. The number of thiazole rings is 1. The maximum Gasteiger partial charge on any atom is 0.132 e. The molecule has 1 heterocycles. The molecule has 0 spiro atoms. The zero-order valence-electron chi connectivity index (χ0n) is 7.16. The third-order valence-corrected chi connectivity index (χ3v) is 2.44. The number of hydrogen-bond donors (Lipinski definition) is 1. The molecule has 0 aliphatic heterocycles. The Hall–Kier alpha value is -0.920. The Labute approximate surface area is 76.1 Å². The quantitative estimate of drug-likeness (QED) is 0.771. The van der Waals surface area contributed by atoms with E-state index in [1.807, 2.05) is 13.8 Å². The largest absolute Gasteiger partial charge is 0.298 e. The third-order valence-electron chi connectivity index (χ3n) is 1.46. The maximum atomic E-state index is 8.79. The zero-order chi connectivity index (χ0) is 8.97. The lowest BCUT2D eigenvalue weighted by Gasteiger charge is -2.04. The topological polar surface area (TPSA) is 48.7 Å². The Balaban J connectivity index is 2.74. The molecule has 12 heavy (non-hydrogen) atoms. The molecule has 0 saturated heterocycles. The van der Waals surface area contributed by atoms with E-state index in [9.17, 15) is 0 Å². The molecule has 1 aromatic heterocycles. The monoisotopic (exact) mass is 181 g/mol. The minimum Gasteiger partial charge on any atom is -0.298 e. The van der Waals surface area contributed by atoms with Crippen LogP contribution in [-0.4, -0.2) is 11.5 Å². The number of aryl methyl sites for hydroxylation is 1. The molecule has 1 N–H and O–H groups in total. The van der Waals surface area contributed by atoms with E-state index in [0.717, 1.165) is 16.4 Å². The Kier molecular flexibility index (Phi) is 3.20. The summed E-state index contributed by atoms with van der Waals surface area (Å²) in [6.45, 7) is 4.72. The summed E-state index contributed by atoms with van der Waals surface area (Å²) in [6.07, 6.45) is 1.76. The van der Waals surface area contributed by atoms with Crippen molar-refractivity contribution >= 4 is 11.3 Å². The molecule has 4 heteroatoms. The van der Waals surface area contributed by atoms with Gasteiger partial charge in [-0.2, -0.15) is 5.26 Å². The van der Waals surface area contributed by atoms with Crippen LogP contribution in [-0.2, 0) is 0 Å². The maximum absolute atomic E-state index is 8.79. The Bertz CT molecular complexity index is 287. The van der Waals surface area contributed by atoms with Crippen LogP contribution in [0.1, 0.15) is 22.9 Å². The minimum absolute atomic E-state index is 0.193. The standard InChI is InChI=1S/C8H11N3S/c1-3-10-7(4-9)8-5-11-6(2)12-8/h5,7,10H,3H2,1-2H3. The highest BCUT2D eigenvalue weighted by Crippen LogP contribution is 2.19. The van der Waals surface area contributed by atoms with E-state index in [4.69, 9.17) is 5.26 Å². The van der Waals surface area contributed by atoms with Crippen molar-refractivity contribution in [3.63, 3.8) is 0 Å². The molecule has 0 aliphatic rings. The number of nitriles is 1. The number of nitrogens with one attached hydrogen (secondary N) is 1. The van der Waals surface area contributed by atoms with Gasteiger partial charge in [0.2, 0.25) is 0 Å². The summed E-state index contributed by atoms with van der Waals surface area (Å²) in [4.78, 5) is 5.09. The van der Waals surface area contributed by atoms with Gasteiger partial charge in [-0.15, -0.1) is 11.3 Å². The highest BCUT2D eigenvalue weighted by atomic mass is 32.1. The van der Waals surface area contributed by atoms with Crippen LogP contribution in [0.25, 0.3) is 0 Å². The van der Waals surface area contributed by atoms with Gasteiger partial charge in [-0.05, 0) is 13.5 Å². The van der Waals surface area contributed by atoms with Crippen molar-refractivity contribution in [3.05, 3.63) is 16.1 Å². The van der Waals surface area contributed by atoms with Crippen molar-refractivity contribution in [3.8, 4) is 6.07 Å². The van der Waals surface area contributed by atoms with Crippen LogP contribution in [0.3, 0.4) is 0 Å². The van der Waals surface area contributed by atoms with Gasteiger partial charge in [-0.3, -0.25) is 5.32 Å². The van der Waals surface area contributed by atoms with E-state index in [0.29, 0.717) is 0 Å². The third kappa shape index (κ3) is 2.03. The van der Waals surface area contributed by atoms with Crippen LogP contribution in [0.4, 0.5) is 0 Å². The lowest BCUT2D eigenvalue weighted by molar-refractivity contribution is 0.666. The van der Waals surface area contributed by atoms with Gasteiger partial charge in [0.05, 0.1) is 16.0 Å². The fourth-order valence-electron chi connectivity index (χ4n) is 0.925. The molecule has 0 saturated carbocycles. The second-order valence-corrected chi connectivity index (χ2v) is 3.67. The molecular formula is C8H11N3S. The minimum atomic E-state index is -0.193. The van der Waals surface area contributed by atoms with Gasteiger partial charge in [-0.1, -0.05) is 6.92 Å². The highest BCUT2D eigenvalue weighted by Gasteiger charge is 2.10. The molecule has 64 valence electrons. The van der Waals surface area contributed by atoms with Crippen LogP contribution in [0.15, 0.2) is 6.20 Å². The smallest absolute Gasteiger partial charge is 0.132 e. The first-order chi connectivity index (χ1) is 5.77. The fraction of sp³-hybridized carbons (Fsp3) is 0.500. The Morgan fingerprint density at radius 1 is 1.83 bits per heavy atom. The summed E-state index contributed by atoms with van der Waals surface area (Å²) >= 11 is 1.56. The normalized spacial score (nSPS) is 12.4. The predicted octanol–water partition coefficient (Wildman–Crippen LogP) is 1.63. The first-order valence-corrected chi connectivity index (χ1v) is 4.65. The number of rotatable bonds is 3. The van der Waals surface area contributed by atoms with Crippen molar-refractivity contribution in [1.29, 1.82) is 5.26 Å². The highest BCUT2D eigenvalue weighted by molar-refractivity contribution is 7.11. The molecule has 1 aromatic rings. The van der Waals surface area contributed by atoms with E-state index in [2.05, 4.69) is 16.4 Å². The van der Waals surface area contributed by atoms with Gasteiger partial charge in [0.25, 0.3) is 0 Å². The number of aromatic nitrogens is 1. The summed E-state index contributed by atoms with van der Waals surface area (Å²) < 4.78 is 0. The van der Waals surface area contributed by atoms with E-state index in [1.165, 1.54) is 0 Å². The number of hydrogen-bond acceptors (Lipinski definition) is 4. The molecule has 1 atom stereocenters.